The fourth-order valence-electron chi connectivity index (χ4n) is 3.60. The van der Waals surface area contributed by atoms with Gasteiger partial charge in [-0.1, -0.05) is 35.6 Å². The molecule has 8 nitrogen and oxygen atoms in total. The van der Waals surface area contributed by atoms with Crippen LogP contribution in [0.1, 0.15) is 40.5 Å². The van der Waals surface area contributed by atoms with Crippen LogP contribution in [0.15, 0.2) is 48.5 Å². The Balaban J connectivity index is 1.32. The quantitative estimate of drug-likeness (QED) is 0.544. The molecule has 33 heavy (non-hydrogen) atoms. The fraction of sp³-hybridized carbons (Fsp3) is 0.304. The van der Waals surface area contributed by atoms with Gasteiger partial charge in [-0.05, 0) is 44.0 Å². The van der Waals surface area contributed by atoms with Crippen LogP contribution in [0.4, 0.5) is 20.6 Å². The Morgan fingerprint density at radius 1 is 1.06 bits per heavy atom. The highest BCUT2D eigenvalue weighted by atomic mass is 32.1. The maximum absolute atomic E-state index is 13.8. The number of nitrogens with one attached hydrogen (secondary N) is 2. The fourth-order valence-corrected chi connectivity index (χ4v) is 4.51. The van der Waals surface area contributed by atoms with Crippen LogP contribution in [0.2, 0.25) is 0 Å². The number of halogens is 1. The Kier molecular flexibility index (Phi) is 7.13. The number of nitrogens with zero attached hydrogens (tertiary/aromatic N) is 3. The Bertz CT molecular complexity index is 1130. The first kappa shape index (κ1) is 22.7. The zero-order chi connectivity index (χ0) is 23.2. The molecule has 1 aliphatic rings. The van der Waals surface area contributed by atoms with Gasteiger partial charge in [0.25, 0.3) is 5.91 Å². The van der Waals surface area contributed by atoms with Gasteiger partial charge in [0.15, 0.2) is 0 Å². The molecule has 1 aliphatic heterocycles. The van der Waals surface area contributed by atoms with Crippen LogP contribution in [0.5, 0.6) is 5.75 Å². The number of anilines is 2. The van der Waals surface area contributed by atoms with Crippen molar-refractivity contribution in [3.05, 3.63) is 64.4 Å². The van der Waals surface area contributed by atoms with Crippen LogP contribution >= 0.6 is 11.3 Å². The maximum Gasteiger partial charge on any atom is 0.321 e. The SMILES string of the molecule is CCOc1ccccc1NC(=O)N1CCC(c2nnc(C(=O)Nc3ccccc3F)s2)CC1. The Morgan fingerprint density at radius 2 is 1.76 bits per heavy atom. The molecule has 0 saturated carbocycles. The van der Waals surface area contributed by atoms with Crippen molar-refractivity contribution in [2.45, 2.75) is 25.7 Å². The van der Waals surface area contributed by atoms with Crippen LogP contribution in [-0.4, -0.2) is 46.7 Å². The van der Waals surface area contributed by atoms with Gasteiger partial charge in [0, 0.05) is 19.0 Å². The summed E-state index contributed by atoms with van der Waals surface area (Å²) >= 11 is 1.20. The standard InChI is InChI=1S/C23H24FN5O3S/c1-2-32-19-10-6-5-9-18(19)26-23(31)29-13-11-15(12-14-29)21-27-28-22(33-21)20(30)25-17-8-4-3-7-16(17)24/h3-10,15H,2,11-14H2,1H3,(H,25,30)(H,26,31). The minimum atomic E-state index is -0.509. The normalized spacial score (nSPS) is 14.1. The monoisotopic (exact) mass is 469 g/mol. The van der Waals surface area contributed by atoms with Gasteiger partial charge in [0.1, 0.15) is 16.6 Å². The maximum atomic E-state index is 13.8. The number of amides is 3. The summed E-state index contributed by atoms with van der Waals surface area (Å²) in [6.07, 6.45) is 1.42. The number of para-hydroxylation sites is 3. The number of urea groups is 1. The van der Waals surface area contributed by atoms with E-state index in [0.29, 0.717) is 44.0 Å². The van der Waals surface area contributed by atoms with Gasteiger partial charge < -0.3 is 20.3 Å². The molecule has 2 aromatic carbocycles. The van der Waals surface area contributed by atoms with Crippen LogP contribution in [-0.2, 0) is 0 Å². The van der Waals surface area contributed by atoms with Crippen molar-refractivity contribution < 1.29 is 18.7 Å². The third-order valence-electron chi connectivity index (χ3n) is 5.32. The van der Waals surface area contributed by atoms with Crippen molar-refractivity contribution in [3.8, 4) is 5.75 Å². The molecule has 1 fully saturated rings. The Labute approximate surface area is 194 Å². The molecule has 3 amide bonds. The largest absolute Gasteiger partial charge is 0.492 e. The number of carbonyl (C=O) groups excluding carboxylic acids is 2. The number of hydrogen-bond donors (Lipinski definition) is 2. The highest BCUT2D eigenvalue weighted by Crippen LogP contribution is 2.31. The number of benzene rings is 2. The van der Waals surface area contributed by atoms with Crippen molar-refractivity contribution in [3.63, 3.8) is 0 Å². The molecular formula is C23H24FN5O3S. The summed E-state index contributed by atoms with van der Waals surface area (Å²) in [5, 5.41) is 14.5. The number of likely N-dealkylation sites (tertiary alicyclic amines) is 1. The number of rotatable bonds is 6. The summed E-state index contributed by atoms with van der Waals surface area (Å²) in [7, 11) is 0. The predicted molar refractivity (Wildman–Crippen MR) is 124 cm³/mol. The molecule has 0 radical (unpaired) electrons. The summed E-state index contributed by atoms with van der Waals surface area (Å²) in [4.78, 5) is 26.9. The van der Waals surface area contributed by atoms with Crippen LogP contribution < -0.4 is 15.4 Å². The van der Waals surface area contributed by atoms with E-state index < -0.39 is 11.7 Å². The molecule has 0 atom stereocenters. The summed E-state index contributed by atoms with van der Waals surface area (Å²) in [5.41, 5.74) is 0.741. The average molecular weight is 470 g/mol. The van der Waals surface area contributed by atoms with Gasteiger partial charge in [-0.2, -0.15) is 0 Å². The zero-order valence-corrected chi connectivity index (χ0v) is 18.9. The molecule has 172 valence electrons. The van der Waals surface area contributed by atoms with Crippen molar-refractivity contribution in [2.24, 2.45) is 0 Å². The molecule has 2 N–H and O–H groups in total. The summed E-state index contributed by atoms with van der Waals surface area (Å²) in [6.45, 7) is 3.53. The number of ether oxygens (including phenoxy) is 1. The van der Waals surface area contributed by atoms with Gasteiger partial charge in [-0.25, -0.2) is 9.18 Å². The average Bonchev–Trinajstić information content (AvgIpc) is 3.33. The van der Waals surface area contributed by atoms with E-state index in [1.165, 1.54) is 23.5 Å². The summed E-state index contributed by atoms with van der Waals surface area (Å²) < 4.78 is 19.3. The topological polar surface area (TPSA) is 96.4 Å². The third kappa shape index (κ3) is 5.46. The second-order valence-electron chi connectivity index (χ2n) is 7.50. The molecule has 4 rings (SSSR count). The summed E-state index contributed by atoms with van der Waals surface area (Å²) in [5.74, 6) is -0.255. The number of hydrogen-bond acceptors (Lipinski definition) is 6. The molecule has 2 heterocycles. The van der Waals surface area contributed by atoms with E-state index in [-0.39, 0.29) is 22.6 Å². The highest BCUT2D eigenvalue weighted by Gasteiger charge is 2.27. The lowest BCUT2D eigenvalue weighted by atomic mass is 9.98. The van der Waals surface area contributed by atoms with Crippen molar-refractivity contribution >= 4 is 34.6 Å². The van der Waals surface area contributed by atoms with E-state index in [2.05, 4.69) is 20.8 Å². The van der Waals surface area contributed by atoms with E-state index >= 15 is 0 Å². The van der Waals surface area contributed by atoms with E-state index in [1.807, 2.05) is 31.2 Å². The lowest BCUT2D eigenvalue weighted by Gasteiger charge is -2.31. The van der Waals surface area contributed by atoms with Crippen molar-refractivity contribution in [1.82, 2.24) is 15.1 Å². The molecule has 0 bridgehead atoms. The number of carbonyl (C=O) groups is 2. The number of piperidine rings is 1. The number of aromatic nitrogens is 2. The second kappa shape index (κ2) is 10.4. The lowest BCUT2D eigenvalue weighted by molar-refractivity contribution is 0.102. The zero-order valence-electron chi connectivity index (χ0n) is 18.1. The van der Waals surface area contributed by atoms with Crippen LogP contribution in [0.3, 0.4) is 0 Å². The van der Waals surface area contributed by atoms with Crippen LogP contribution in [0.25, 0.3) is 0 Å². The first-order chi connectivity index (χ1) is 16.0. The molecular weight excluding hydrogens is 445 g/mol. The van der Waals surface area contributed by atoms with E-state index in [0.717, 1.165) is 5.01 Å². The van der Waals surface area contributed by atoms with E-state index in [4.69, 9.17) is 4.74 Å². The smallest absolute Gasteiger partial charge is 0.321 e. The predicted octanol–water partition coefficient (Wildman–Crippen LogP) is 4.74. The minimum Gasteiger partial charge on any atom is -0.492 e. The highest BCUT2D eigenvalue weighted by molar-refractivity contribution is 7.13. The molecule has 1 aromatic heterocycles. The van der Waals surface area contributed by atoms with Crippen molar-refractivity contribution in [2.75, 3.05) is 30.3 Å². The first-order valence-electron chi connectivity index (χ1n) is 10.7. The van der Waals surface area contributed by atoms with Crippen molar-refractivity contribution in [1.29, 1.82) is 0 Å². The van der Waals surface area contributed by atoms with Gasteiger partial charge in [-0.15, -0.1) is 10.2 Å². The molecule has 0 unspecified atom stereocenters. The molecule has 0 spiro atoms. The molecule has 1 saturated heterocycles. The molecule has 10 heteroatoms. The summed E-state index contributed by atoms with van der Waals surface area (Å²) in [6, 6.07) is 13.1. The first-order valence-corrected chi connectivity index (χ1v) is 11.5. The second-order valence-corrected chi connectivity index (χ2v) is 8.51. The molecule has 0 aliphatic carbocycles. The van der Waals surface area contributed by atoms with Gasteiger partial charge in [0.2, 0.25) is 5.01 Å². The Morgan fingerprint density at radius 3 is 2.48 bits per heavy atom. The van der Waals surface area contributed by atoms with Crippen LogP contribution in [0, 0.1) is 5.82 Å². The van der Waals surface area contributed by atoms with E-state index in [1.54, 1.807) is 17.0 Å². The lowest BCUT2D eigenvalue weighted by Crippen LogP contribution is -2.40. The van der Waals surface area contributed by atoms with Gasteiger partial charge in [0.05, 0.1) is 18.0 Å². The van der Waals surface area contributed by atoms with Gasteiger partial charge >= 0.3 is 6.03 Å². The third-order valence-corrected chi connectivity index (χ3v) is 6.40. The van der Waals surface area contributed by atoms with Gasteiger partial charge in [-0.3, -0.25) is 4.79 Å². The minimum absolute atomic E-state index is 0.101. The molecule has 3 aromatic rings. The Hall–Kier alpha value is -3.53. The van der Waals surface area contributed by atoms with E-state index in [9.17, 15) is 14.0 Å².